The number of halogens is 1. The Balaban J connectivity index is 2.82. The maximum atomic E-state index is 13.4. The van der Waals surface area contributed by atoms with Crippen molar-refractivity contribution >= 4 is 11.9 Å². The lowest BCUT2D eigenvalue weighted by Gasteiger charge is -2.14. The van der Waals surface area contributed by atoms with Crippen LogP contribution in [0.3, 0.4) is 0 Å². The molecule has 0 saturated heterocycles. The fourth-order valence-electron chi connectivity index (χ4n) is 1.31. The average Bonchev–Trinajstić information content (AvgIpc) is 2.12. The van der Waals surface area contributed by atoms with Gasteiger partial charge in [-0.1, -0.05) is 0 Å². The highest BCUT2D eigenvalue weighted by Crippen LogP contribution is 2.01. The van der Waals surface area contributed by atoms with Gasteiger partial charge < -0.3 is 10.6 Å². The summed E-state index contributed by atoms with van der Waals surface area (Å²) in [5.74, 6) is -0.382. The minimum absolute atomic E-state index is 0.167. The third kappa shape index (κ3) is 1.24. The molecule has 0 amide bonds. The smallest absolute Gasteiger partial charge is 0.156 e. The van der Waals surface area contributed by atoms with Gasteiger partial charge in [-0.05, 0) is 12.1 Å². The zero-order chi connectivity index (χ0) is 9.42. The number of fused-ring (bicyclic) bond motifs is 1. The first kappa shape index (κ1) is 8.04. The van der Waals surface area contributed by atoms with Gasteiger partial charge in [-0.2, -0.15) is 0 Å². The molecule has 0 atom stereocenters. The summed E-state index contributed by atoms with van der Waals surface area (Å²) in [7, 11) is 1.84. The molecule has 0 unspecified atom stereocenters. The number of rotatable bonds is 0. The molecule has 1 aliphatic heterocycles. The van der Waals surface area contributed by atoms with E-state index in [2.05, 4.69) is 4.99 Å². The van der Waals surface area contributed by atoms with Crippen molar-refractivity contribution < 1.29 is 4.39 Å². The second kappa shape index (κ2) is 2.73. The summed E-state index contributed by atoms with van der Waals surface area (Å²) in [4.78, 5) is 5.99. The summed E-state index contributed by atoms with van der Waals surface area (Å²) in [5.41, 5.74) is 5.60. The van der Waals surface area contributed by atoms with E-state index in [1.54, 1.807) is 12.3 Å². The Hall–Kier alpha value is -1.58. The van der Waals surface area contributed by atoms with Gasteiger partial charge in [0.05, 0.1) is 16.3 Å². The summed E-state index contributed by atoms with van der Waals surface area (Å²) >= 11 is 0. The summed E-state index contributed by atoms with van der Waals surface area (Å²) in [5, 5.41) is 1.15. The molecule has 0 radical (unpaired) electrons. The molecule has 1 aromatic rings. The van der Waals surface area contributed by atoms with Gasteiger partial charge in [0.1, 0.15) is 6.67 Å². The summed E-state index contributed by atoms with van der Waals surface area (Å²) in [6, 6.07) is 3.27. The van der Waals surface area contributed by atoms with Gasteiger partial charge in [0.25, 0.3) is 0 Å². The molecule has 0 spiro atoms. The Morgan fingerprint density at radius 2 is 2.31 bits per heavy atom. The molecule has 4 heteroatoms. The van der Waals surface area contributed by atoms with Crippen molar-refractivity contribution in [2.24, 2.45) is 4.99 Å². The Bertz CT molecular complexity index is 453. The number of anilines is 1. The van der Waals surface area contributed by atoms with Crippen LogP contribution in [0.25, 0.3) is 6.20 Å². The number of hydrogen-bond donors (Lipinski definition) is 1. The van der Waals surface area contributed by atoms with E-state index in [0.29, 0.717) is 17.2 Å². The van der Waals surface area contributed by atoms with E-state index >= 15 is 0 Å². The molecule has 2 rings (SSSR count). The van der Waals surface area contributed by atoms with E-state index in [9.17, 15) is 4.39 Å². The molecule has 1 aliphatic rings. The lowest BCUT2D eigenvalue weighted by Crippen LogP contribution is -2.37. The third-order valence-corrected chi connectivity index (χ3v) is 2.00. The Morgan fingerprint density at radius 1 is 1.54 bits per heavy atom. The second-order valence-corrected chi connectivity index (χ2v) is 3.09. The van der Waals surface area contributed by atoms with Crippen molar-refractivity contribution in [2.45, 2.75) is 0 Å². The molecular weight excluding hydrogens is 169 g/mol. The number of hydrogen-bond acceptors (Lipinski definition) is 3. The molecule has 0 aliphatic carbocycles. The highest BCUT2D eigenvalue weighted by atomic mass is 19.1. The van der Waals surface area contributed by atoms with Crippen LogP contribution in [0.2, 0.25) is 0 Å². The lowest BCUT2D eigenvalue weighted by atomic mass is 10.2. The SMILES string of the molecule is CN1C=c2c(F)c(N)ccc2=NC1. The molecule has 68 valence electrons. The first-order valence-corrected chi connectivity index (χ1v) is 3.99. The van der Waals surface area contributed by atoms with Crippen molar-refractivity contribution in [3.8, 4) is 0 Å². The van der Waals surface area contributed by atoms with Crippen molar-refractivity contribution in [1.82, 2.24) is 4.90 Å². The quantitative estimate of drug-likeness (QED) is 0.554. The van der Waals surface area contributed by atoms with E-state index in [-0.39, 0.29) is 11.5 Å². The zero-order valence-electron chi connectivity index (χ0n) is 7.29. The van der Waals surface area contributed by atoms with Gasteiger partial charge in [0.2, 0.25) is 0 Å². The summed E-state index contributed by atoms with van der Waals surface area (Å²) in [6.07, 6.45) is 1.72. The minimum Gasteiger partial charge on any atom is -0.396 e. The fourth-order valence-corrected chi connectivity index (χ4v) is 1.31. The van der Waals surface area contributed by atoms with Gasteiger partial charge in [-0.15, -0.1) is 0 Å². The van der Waals surface area contributed by atoms with Crippen molar-refractivity contribution in [1.29, 1.82) is 0 Å². The van der Waals surface area contributed by atoms with E-state index in [1.165, 1.54) is 6.07 Å². The van der Waals surface area contributed by atoms with Crippen LogP contribution in [-0.4, -0.2) is 18.6 Å². The zero-order valence-corrected chi connectivity index (χ0v) is 7.29. The fraction of sp³-hybridized carbons (Fsp3) is 0.222. The van der Waals surface area contributed by atoms with Crippen LogP contribution in [-0.2, 0) is 0 Å². The monoisotopic (exact) mass is 179 g/mol. The third-order valence-electron chi connectivity index (χ3n) is 2.00. The highest BCUT2D eigenvalue weighted by Gasteiger charge is 2.05. The second-order valence-electron chi connectivity index (χ2n) is 3.09. The summed E-state index contributed by atoms with van der Waals surface area (Å²) < 4.78 is 13.4. The van der Waals surface area contributed by atoms with Crippen molar-refractivity contribution in [3.05, 3.63) is 28.5 Å². The molecule has 1 aromatic carbocycles. The van der Waals surface area contributed by atoms with Crippen LogP contribution in [0.15, 0.2) is 17.1 Å². The van der Waals surface area contributed by atoms with Crippen LogP contribution >= 0.6 is 0 Å². The average molecular weight is 179 g/mol. The van der Waals surface area contributed by atoms with Crippen molar-refractivity contribution in [2.75, 3.05) is 19.5 Å². The number of nitrogens with two attached hydrogens (primary N) is 1. The predicted molar refractivity (Wildman–Crippen MR) is 48.7 cm³/mol. The predicted octanol–water partition coefficient (Wildman–Crippen LogP) is -0.332. The maximum absolute atomic E-state index is 13.4. The van der Waals surface area contributed by atoms with Crippen LogP contribution in [0.5, 0.6) is 0 Å². The van der Waals surface area contributed by atoms with Crippen LogP contribution in [0.1, 0.15) is 0 Å². The molecular formula is C9H10FN3. The van der Waals surface area contributed by atoms with Gasteiger partial charge in [0, 0.05) is 13.2 Å². The molecule has 0 fully saturated rings. The number of nitrogen functional groups attached to an aromatic ring is 1. The summed E-state index contributed by atoms with van der Waals surface area (Å²) in [6.45, 7) is 0.566. The van der Waals surface area contributed by atoms with E-state index in [1.807, 2.05) is 11.9 Å². The van der Waals surface area contributed by atoms with Gasteiger partial charge in [-0.3, -0.25) is 4.99 Å². The maximum Gasteiger partial charge on any atom is 0.156 e. The van der Waals surface area contributed by atoms with E-state index in [4.69, 9.17) is 5.73 Å². The normalized spacial score (nSPS) is 14.5. The Morgan fingerprint density at radius 3 is 3.08 bits per heavy atom. The molecule has 1 heterocycles. The number of nitrogens with zero attached hydrogens (tertiary/aromatic N) is 2. The minimum atomic E-state index is -0.382. The molecule has 3 nitrogen and oxygen atoms in total. The molecule has 2 N–H and O–H groups in total. The van der Waals surface area contributed by atoms with Gasteiger partial charge in [0.15, 0.2) is 5.82 Å². The van der Waals surface area contributed by atoms with Crippen LogP contribution in [0, 0.1) is 5.82 Å². The first-order valence-electron chi connectivity index (χ1n) is 3.99. The molecule has 0 bridgehead atoms. The van der Waals surface area contributed by atoms with Gasteiger partial charge >= 0.3 is 0 Å². The van der Waals surface area contributed by atoms with E-state index in [0.717, 1.165) is 0 Å². The Kier molecular flexibility index (Phi) is 1.69. The molecule has 0 aromatic heterocycles. The molecule has 0 saturated carbocycles. The standard InChI is InChI=1S/C9H10FN3/c1-13-4-6-8(12-5-13)3-2-7(11)9(6)10/h2-4H,5,11H2,1H3. The van der Waals surface area contributed by atoms with Crippen LogP contribution in [0.4, 0.5) is 10.1 Å². The van der Waals surface area contributed by atoms with E-state index < -0.39 is 0 Å². The lowest BCUT2D eigenvalue weighted by molar-refractivity contribution is 0.491. The number of benzene rings is 1. The van der Waals surface area contributed by atoms with Crippen LogP contribution < -0.4 is 16.3 Å². The first-order chi connectivity index (χ1) is 6.18. The largest absolute Gasteiger partial charge is 0.396 e. The highest BCUT2D eigenvalue weighted by molar-refractivity contribution is 5.42. The van der Waals surface area contributed by atoms with Crippen molar-refractivity contribution in [3.63, 3.8) is 0 Å². The Labute approximate surface area is 75.0 Å². The topological polar surface area (TPSA) is 41.6 Å². The van der Waals surface area contributed by atoms with Gasteiger partial charge in [-0.25, -0.2) is 4.39 Å². The molecule has 13 heavy (non-hydrogen) atoms.